The molecule has 3 N–H and O–H groups in total. The SMILES string of the molecule is CCCCCCCCCCCCCCCCCCCC(=O)O[C@H](COC(=O)CCCCCCCCCCC(C)CC)COP(=O)(O)OC[C@@H](O)COP(=O)(O)OC[C@@H](COC(=O)CCCCCCCCCCC(C)C)OC(=O)CCCCCCCCCCCCCC. The van der Waals surface area contributed by atoms with Crippen LogP contribution < -0.4 is 0 Å². The highest BCUT2D eigenvalue weighted by Gasteiger charge is 2.30. The van der Waals surface area contributed by atoms with Crippen LogP contribution in [0.5, 0.6) is 0 Å². The Kier molecular flexibility index (Phi) is 63.7. The maximum atomic E-state index is 13.1. The molecule has 92 heavy (non-hydrogen) atoms. The van der Waals surface area contributed by atoms with Gasteiger partial charge in [-0.3, -0.25) is 37.3 Å². The molecule has 0 fully saturated rings. The van der Waals surface area contributed by atoms with Crippen molar-refractivity contribution in [1.29, 1.82) is 0 Å². The number of phosphoric ester groups is 2. The summed E-state index contributed by atoms with van der Waals surface area (Å²) in [6.07, 6.45) is 51.2. The summed E-state index contributed by atoms with van der Waals surface area (Å²) in [5, 5.41) is 10.6. The number of aliphatic hydroxyl groups is 1. The number of hydrogen-bond donors (Lipinski definition) is 3. The van der Waals surface area contributed by atoms with Gasteiger partial charge in [-0.25, -0.2) is 9.13 Å². The molecule has 0 saturated heterocycles. The average Bonchev–Trinajstić information content (AvgIpc) is 3.31. The first-order valence-electron chi connectivity index (χ1n) is 38.0. The van der Waals surface area contributed by atoms with Gasteiger partial charge in [-0.05, 0) is 37.5 Å². The summed E-state index contributed by atoms with van der Waals surface area (Å²) in [6.45, 7) is 9.54. The van der Waals surface area contributed by atoms with Crippen molar-refractivity contribution in [1.82, 2.24) is 0 Å². The van der Waals surface area contributed by atoms with Crippen LogP contribution in [0.3, 0.4) is 0 Å². The predicted molar refractivity (Wildman–Crippen MR) is 372 cm³/mol. The summed E-state index contributed by atoms with van der Waals surface area (Å²) >= 11 is 0. The Labute approximate surface area is 562 Å². The molecule has 3 unspecified atom stereocenters. The highest BCUT2D eigenvalue weighted by atomic mass is 31.2. The van der Waals surface area contributed by atoms with Gasteiger partial charge in [0.25, 0.3) is 0 Å². The number of unbranched alkanes of at least 4 members (excludes halogenated alkanes) is 41. The fourth-order valence-electron chi connectivity index (χ4n) is 11.1. The first kappa shape index (κ1) is 90.1. The normalized spacial score (nSPS) is 14.4. The zero-order chi connectivity index (χ0) is 67.9. The first-order valence-corrected chi connectivity index (χ1v) is 41.0. The molecule has 0 aromatic heterocycles. The molecule has 0 aliphatic rings. The number of rotatable bonds is 72. The molecule has 0 aliphatic heterocycles. The monoisotopic (exact) mass is 1350 g/mol. The zero-order valence-electron chi connectivity index (χ0n) is 59.9. The van der Waals surface area contributed by atoms with Gasteiger partial charge >= 0.3 is 39.5 Å². The minimum atomic E-state index is -4.95. The molecule has 0 saturated carbocycles. The molecule has 0 spiro atoms. The molecule has 17 nitrogen and oxygen atoms in total. The van der Waals surface area contributed by atoms with Crippen molar-refractivity contribution in [2.45, 2.75) is 394 Å². The van der Waals surface area contributed by atoms with Crippen LogP contribution in [-0.2, 0) is 65.4 Å². The van der Waals surface area contributed by atoms with Crippen LogP contribution >= 0.6 is 15.6 Å². The fourth-order valence-corrected chi connectivity index (χ4v) is 12.7. The smallest absolute Gasteiger partial charge is 0.462 e. The number of aliphatic hydroxyl groups excluding tert-OH is 1. The van der Waals surface area contributed by atoms with Crippen LogP contribution in [0.4, 0.5) is 0 Å². The van der Waals surface area contributed by atoms with Gasteiger partial charge in [-0.15, -0.1) is 0 Å². The van der Waals surface area contributed by atoms with E-state index >= 15 is 0 Å². The molecule has 0 heterocycles. The minimum Gasteiger partial charge on any atom is -0.462 e. The van der Waals surface area contributed by atoms with Gasteiger partial charge in [0, 0.05) is 25.7 Å². The van der Waals surface area contributed by atoms with E-state index < -0.39 is 97.5 Å². The average molecular weight is 1350 g/mol. The van der Waals surface area contributed by atoms with Crippen molar-refractivity contribution in [2.75, 3.05) is 39.6 Å². The van der Waals surface area contributed by atoms with E-state index in [2.05, 4.69) is 41.5 Å². The number of carbonyl (C=O) groups excluding carboxylic acids is 4. The van der Waals surface area contributed by atoms with E-state index in [1.807, 2.05) is 0 Å². The maximum Gasteiger partial charge on any atom is 0.472 e. The molecule has 0 aliphatic carbocycles. The molecule has 19 heteroatoms. The summed E-state index contributed by atoms with van der Waals surface area (Å²) in [7, 11) is -9.91. The van der Waals surface area contributed by atoms with E-state index in [1.165, 1.54) is 193 Å². The summed E-state index contributed by atoms with van der Waals surface area (Å²) in [4.78, 5) is 72.7. The van der Waals surface area contributed by atoms with Crippen LogP contribution in [0.2, 0.25) is 0 Å². The van der Waals surface area contributed by atoms with E-state index in [0.717, 1.165) is 102 Å². The van der Waals surface area contributed by atoms with Crippen molar-refractivity contribution in [2.24, 2.45) is 11.8 Å². The second-order valence-electron chi connectivity index (χ2n) is 27.1. The van der Waals surface area contributed by atoms with E-state index in [0.29, 0.717) is 25.7 Å². The molecule has 0 amide bonds. The fraction of sp³-hybridized carbons (Fsp3) is 0.945. The number of ether oxygens (including phenoxy) is 4. The van der Waals surface area contributed by atoms with Gasteiger partial charge in [0.15, 0.2) is 12.2 Å². The molecule has 0 aromatic carbocycles. The van der Waals surface area contributed by atoms with E-state index in [1.54, 1.807) is 0 Å². The lowest BCUT2D eigenvalue weighted by Gasteiger charge is -2.21. The van der Waals surface area contributed by atoms with Gasteiger partial charge in [0.2, 0.25) is 0 Å². The topological polar surface area (TPSA) is 237 Å². The quantitative estimate of drug-likeness (QED) is 0.0222. The molecule has 0 aromatic rings. The zero-order valence-corrected chi connectivity index (χ0v) is 61.6. The van der Waals surface area contributed by atoms with Gasteiger partial charge in [0.1, 0.15) is 19.3 Å². The number of phosphoric acid groups is 2. The molecule has 0 rings (SSSR count). The van der Waals surface area contributed by atoms with Crippen LogP contribution in [0.25, 0.3) is 0 Å². The van der Waals surface area contributed by atoms with Crippen LogP contribution in [0, 0.1) is 11.8 Å². The van der Waals surface area contributed by atoms with Gasteiger partial charge in [0.05, 0.1) is 26.4 Å². The lowest BCUT2D eigenvalue weighted by atomic mass is 9.99. The second kappa shape index (κ2) is 65.0. The maximum absolute atomic E-state index is 13.1. The Hall–Kier alpha value is -1.94. The summed E-state index contributed by atoms with van der Waals surface area (Å²) in [6, 6.07) is 0. The van der Waals surface area contributed by atoms with E-state index in [4.69, 9.17) is 37.0 Å². The Morgan fingerprint density at radius 1 is 0.315 bits per heavy atom. The van der Waals surface area contributed by atoms with Gasteiger partial charge in [-0.1, -0.05) is 324 Å². The number of esters is 4. The van der Waals surface area contributed by atoms with Crippen LogP contribution in [0.15, 0.2) is 0 Å². The van der Waals surface area contributed by atoms with E-state index in [9.17, 15) is 43.2 Å². The van der Waals surface area contributed by atoms with Crippen molar-refractivity contribution in [3.05, 3.63) is 0 Å². The Bertz CT molecular complexity index is 1790. The third-order valence-electron chi connectivity index (χ3n) is 17.3. The standard InChI is InChI=1S/C73H142O17P2/c1-7-10-12-14-16-18-20-22-23-24-25-26-28-30-40-46-52-58-73(78)90-69(62-84-71(76)56-50-44-38-34-32-36-42-48-54-66(6)9-3)64-88-92(81,82)86-60-67(74)59-85-91(79,80)87-63-68(61-83-70(75)55-49-43-37-33-31-35-41-47-53-65(4)5)89-72(77)57-51-45-39-29-27-21-19-17-15-13-11-8-2/h65-69,74H,7-64H2,1-6H3,(H,79,80)(H,81,82)/t66?,67-,68+,69+/m0/s1. The highest BCUT2D eigenvalue weighted by molar-refractivity contribution is 7.47. The van der Waals surface area contributed by atoms with Crippen LogP contribution in [-0.4, -0.2) is 96.7 Å². The predicted octanol–water partition coefficient (Wildman–Crippen LogP) is 21.2. The second-order valence-corrected chi connectivity index (χ2v) is 30.0. The minimum absolute atomic E-state index is 0.107. The van der Waals surface area contributed by atoms with Crippen molar-refractivity contribution in [3.63, 3.8) is 0 Å². The number of hydrogen-bond acceptors (Lipinski definition) is 15. The highest BCUT2D eigenvalue weighted by Crippen LogP contribution is 2.45. The molecule has 0 radical (unpaired) electrons. The van der Waals surface area contributed by atoms with Gasteiger partial charge < -0.3 is 33.8 Å². The lowest BCUT2D eigenvalue weighted by Crippen LogP contribution is -2.30. The summed E-state index contributed by atoms with van der Waals surface area (Å²) < 4.78 is 68.4. The summed E-state index contributed by atoms with van der Waals surface area (Å²) in [5.41, 5.74) is 0. The Morgan fingerprint density at radius 2 is 0.554 bits per heavy atom. The largest absolute Gasteiger partial charge is 0.472 e. The lowest BCUT2D eigenvalue weighted by molar-refractivity contribution is -0.161. The van der Waals surface area contributed by atoms with Crippen LogP contribution in [0.1, 0.15) is 375 Å². The van der Waals surface area contributed by atoms with Crippen molar-refractivity contribution >= 4 is 39.5 Å². The third-order valence-corrected chi connectivity index (χ3v) is 19.2. The molecule has 6 atom stereocenters. The third kappa shape index (κ3) is 65.4. The van der Waals surface area contributed by atoms with Crippen molar-refractivity contribution < 1.29 is 80.2 Å². The molecule has 0 bridgehead atoms. The summed E-state index contributed by atoms with van der Waals surface area (Å²) in [5.74, 6) is -0.615. The van der Waals surface area contributed by atoms with Gasteiger partial charge in [-0.2, -0.15) is 0 Å². The Morgan fingerprint density at radius 3 is 0.826 bits per heavy atom. The van der Waals surface area contributed by atoms with E-state index in [-0.39, 0.29) is 25.7 Å². The Balaban J connectivity index is 5.25. The number of carbonyl (C=O) groups is 4. The first-order chi connectivity index (χ1) is 44.4. The van der Waals surface area contributed by atoms with Crippen molar-refractivity contribution in [3.8, 4) is 0 Å². The molecular weight excluding hydrogens is 1210 g/mol. The molecule has 546 valence electrons. The molecular formula is C73H142O17P2.